The normalized spacial score (nSPS) is 23.4. The second kappa shape index (κ2) is 18.4. The van der Waals surface area contributed by atoms with Crippen molar-refractivity contribution in [3.05, 3.63) is 76.3 Å². The van der Waals surface area contributed by atoms with E-state index in [2.05, 4.69) is 46.9 Å². The van der Waals surface area contributed by atoms with Gasteiger partial charge in [-0.3, -0.25) is 33.7 Å². The number of carbonyl (C=O) groups excluding carboxylic acids is 3. The molecule has 3 aromatic heterocycles. The molecule has 2 aliphatic carbocycles. The average molecular weight is 882 g/mol. The van der Waals surface area contributed by atoms with Crippen molar-refractivity contribution in [2.24, 2.45) is 41.2 Å². The number of hydrogen-bond donors (Lipinski definition) is 4. The number of alkyl halides is 2. The molecule has 1 aromatic carbocycles. The van der Waals surface area contributed by atoms with E-state index >= 15 is 0 Å². The molecule has 2 saturated carbocycles. The lowest BCUT2D eigenvalue weighted by Gasteiger charge is -2.55. The van der Waals surface area contributed by atoms with E-state index in [-0.39, 0.29) is 41.2 Å². The molecule has 3 saturated heterocycles. The number of rotatable bonds is 15. The number of carbonyl (C=O) groups is 3. The third kappa shape index (κ3) is 9.39. The minimum absolute atomic E-state index is 0.0573. The molecule has 3 aliphatic heterocycles. The van der Waals surface area contributed by atoms with Crippen molar-refractivity contribution >= 4 is 40.3 Å². The van der Waals surface area contributed by atoms with E-state index in [1.54, 1.807) is 40.6 Å². The Bertz CT molecular complexity index is 2500. The number of aryl methyl sites for hydroxylation is 1. The number of para-hydroxylation sites is 1. The van der Waals surface area contributed by atoms with E-state index < -0.39 is 30.0 Å². The molecule has 1 atom stereocenters. The Morgan fingerprint density at radius 2 is 1.78 bits per heavy atom. The quantitative estimate of drug-likeness (QED) is 0.0532. The Morgan fingerprint density at radius 3 is 2.50 bits per heavy atom. The summed E-state index contributed by atoms with van der Waals surface area (Å²) in [5.74, 6) is 6.38. The average Bonchev–Trinajstić information content (AvgIpc) is 3.91. The molecular weight excluding hydrogens is 825 g/mol. The van der Waals surface area contributed by atoms with Gasteiger partial charge >= 0.3 is 5.69 Å². The van der Waals surface area contributed by atoms with E-state index in [1.807, 2.05) is 12.1 Å². The minimum atomic E-state index is -2.98. The van der Waals surface area contributed by atoms with Gasteiger partial charge in [0.05, 0.1) is 16.7 Å². The Morgan fingerprint density at radius 1 is 1.03 bits per heavy atom. The van der Waals surface area contributed by atoms with Gasteiger partial charge in [0.25, 0.3) is 12.3 Å². The van der Waals surface area contributed by atoms with Crippen molar-refractivity contribution in [2.45, 2.75) is 89.6 Å². The first-order valence-electron chi connectivity index (χ1n) is 22.7. The summed E-state index contributed by atoms with van der Waals surface area (Å²) in [6.07, 6.45) is 11.2. The molecule has 5 fully saturated rings. The molecule has 1 unspecified atom stereocenters. The number of anilines is 1. The SMILES string of the molecule is Cn1c(=O)n(C2CCC(=O)NC2=O)c2cccc(CN3CCC4(CC3)CN(CC3CCC(C/C=C(NC(=O)c5coc(-c6ccnc(NCC7CC7)c6)n5)\C(=N/N)C(F)F)CC3)C4)c21. The van der Waals surface area contributed by atoms with Gasteiger partial charge in [-0.1, -0.05) is 18.2 Å². The number of imidazole rings is 1. The summed E-state index contributed by atoms with van der Waals surface area (Å²) in [4.78, 5) is 64.9. The lowest BCUT2D eigenvalue weighted by atomic mass is 9.71. The summed E-state index contributed by atoms with van der Waals surface area (Å²) in [6, 6.07) is 8.70. The number of pyridine rings is 1. The Balaban J connectivity index is 0.736. The standard InChI is InChI=1S/C46H57F2N11O5/c1-56-40-32(3-2-4-35(40)59(45(56)63)36-13-14-38(60)54-43(36)62)24-57-19-16-46(17-20-57)26-58(27-46)23-30-9-5-28(6-10-30)11-12-33(39(55-49)41(47)48)52-42(61)34-25-64-44(53-34)31-15-18-50-37(21-31)51-22-29-7-8-29/h2-4,12,15,18,21,25,28-30,36,41H,5-11,13-14,16-17,19-20,22-24,26-27,49H2,1H3,(H,50,51)(H,52,61)(H,54,60,62)/b33-12+,55-39+. The molecule has 5 N–H and O–H groups in total. The van der Waals surface area contributed by atoms with E-state index in [1.165, 1.54) is 19.1 Å². The number of hydrazone groups is 1. The lowest BCUT2D eigenvalue weighted by molar-refractivity contribution is -0.135. The summed E-state index contributed by atoms with van der Waals surface area (Å²) < 4.78 is 36.9. The van der Waals surface area contributed by atoms with E-state index in [4.69, 9.17) is 10.3 Å². The maximum absolute atomic E-state index is 14.1. The molecular formula is C46H57F2N11O5. The van der Waals surface area contributed by atoms with Crippen LogP contribution >= 0.6 is 0 Å². The fourth-order valence-electron chi connectivity index (χ4n) is 10.3. The number of amides is 3. The van der Waals surface area contributed by atoms with Crippen LogP contribution in [0.15, 0.2) is 68.9 Å². The number of benzene rings is 1. The Labute approximate surface area is 369 Å². The zero-order chi connectivity index (χ0) is 44.5. The van der Waals surface area contributed by atoms with Gasteiger partial charge in [-0.2, -0.15) is 5.10 Å². The molecule has 16 nitrogen and oxygen atoms in total. The number of halogens is 2. The van der Waals surface area contributed by atoms with Gasteiger partial charge < -0.3 is 25.8 Å². The summed E-state index contributed by atoms with van der Waals surface area (Å²) in [5, 5.41) is 11.6. The number of oxazole rings is 1. The molecule has 3 amide bonds. The van der Waals surface area contributed by atoms with Crippen molar-refractivity contribution in [1.29, 1.82) is 0 Å². The van der Waals surface area contributed by atoms with E-state index in [0.717, 1.165) is 88.9 Å². The smallest absolute Gasteiger partial charge is 0.329 e. The number of aromatic nitrogens is 4. The summed E-state index contributed by atoms with van der Waals surface area (Å²) in [7, 11) is 1.75. The minimum Gasteiger partial charge on any atom is -0.444 e. The van der Waals surface area contributed by atoms with Crippen LogP contribution in [-0.2, 0) is 23.2 Å². The van der Waals surface area contributed by atoms with Crippen LogP contribution in [0.2, 0.25) is 0 Å². The molecule has 0 radical (unpaired) electrons. The first kappa shape index (κ1) is 43.5. The van der Waals surface area contributed by atoms with Crippen molar-refractivity contribution < 1.29 is 27.6 Å². The highest BCUT2D eigenvalue weighted by molar-refractivity contribution is 6.07. The number of nitrogens with zero attached hydrogens (tertiary/aromatic N) is 7. The first-order chi connectivity index (χ1) is 31.0. The van der Waals surface area contributed by atoms with Crippen LogP contribution in [0.1, 0.15) is 92.7 Å². The molecule has 18 heteroatoms. The van der Waals surface area contributed by atoms with Crippen LogP contribution in [0.3, 0.4) is 0 Å². The second-order valence-corrected chi connectivity index (χ2v) is 18.7. The van der Waals surface area contributed by atoms with Crippen molar-refractivity contribution in [3.8, 4) is 11.5 Å². The Kier molecular flexibility index (Phi) is 12.5. The number of imide groups is 1. The number of hydrogen-bond acceptors (Lipinski definition) is 12. The fraction of sp³-hybridized carbons (Fsp3) is 0.543. The molecule has 5 aliphatic rings. The van der Waals surface area contributed by atoms with Gasteiger partial charge in [-0.25, -0.2) is 23.5 Å². The summed E-state index contributed by atoms with van der Waals surface area (Å²) in [5.41, 5.74) is 2.44. The maximum atomic E-state index is 14.1. The molecule has 4 aromatic rings. The van der Waals surface area contributed by atoms with Crippen LogP contribution in [0.5, 0.6) is 0 Å². The molecule has 6 heterocycles. The number of nitrogens with one attached hydrogen (secondary N) is 3. The zero-order valence-corrected chi connectivity index (χ0v) is 36.2. The summed E-state index contributed by atoms with van der Waals surface area (Å²) in [6.45, 7) is 6.74. The third-order valence-electron chi connectivity index (χ3n) is 14.2. The predicted octanol–water partition coefficient (Wildman–Crippen LogP) is 5.18. The molecule has 64 heavy (non-hydrogen) atoms. The van der Waals surface area contributed by atoms with Gasteiger partial charge in [0, 0.05) is 58.0 Å². The largest absolute Gasteiger partial charge is 0.444 e. The highest BCUT2D eigenvalue weighted by atomic mass is 19.3. The van der Waals surface area contributed by atoms with Crippen molar-refractivity contribution in [3.63, 3.8) is 0 Å². The third-order valence-corrected chi connectivity index (χ3v) is 14.2. The second-order valence-electron chi connectivity index (χ2n) is 18.7. The van der Waals surface area contributed by atoms with Gasteiger partial charge in [0.15, 0.2) is 5.69 Å². The number of piperidine rings is 2. The lowest BCUT2D eigenvalue weighted by Crippen LogP contribution is -2.61. The zero-order valence-electron chi connectivity index (χ0n) is 36.2. The number of likely N-dealkylation sites (tertiary alicyclic amines) is 2. The van der Waals surface area contributed by atoms with Gasteiger partial charge in [0.1, 0.15) is 23.8 Å². The summed E-state index contributed by atoms with van der Waals surface area (Å²) >= 11 is 0. The maximum Gasteiger partial charge on any atom is 0.329 e. The molecule has 340 valence electrons. The number of fused-ring (bicyclic) bond motifs is 1. The van der Waals surface area contributed by atoms with Crippen LogP contribution < -0.4 is 27.5 Å². The van der Waals surface area contributed by atoms with Crippen LogP contribution in [0.25, 0.3) is 22.5 Å². The van der Waals surface area contributed by atoms with Crippen molar-refractivity contribution in [2.75, 3.05) is 44.6 Å². The highest BCUT2D eigenvalue weighted by Gasteiger charge is 2.45. The fourth-order valence-corrected chi connectivity index (χ4v) is 10.3. The van der Waals surface area contributed by atoms with Crippen LogP contribution in [-0.4, -0.2) is 98.0 Å². The molecule has 9 rings (SSSR count). The van der Waals surface area contributed by atoms with Gasteiger partial charge in [0.2, 0.25) is 17.7 Å². The monoisotopic (exact) mass is 881 g/mol. The van der Waals surface area contributed by atoms with Crippen LogP contribution in [0, 0.1) is 23.2 Å². The predicted molar refractivity (Wildman–Crippen MR) is 236 cm³/mol. The first-order valence-corrected chi connectivity index (χ1v) is 22.7. The number of allylic oxidation sites excluding steroid dienone is 2. The molecule has 1 spiro atoms. The van der Waals surface area contributed by atoms with Gasteiger partial charge in [-0.05, 0) is 124 Å². The number of nitrogens with two attached hydrogens (primary N) is 1. The highest BCUT2D eigenvalue weighted by Crippen LogP contribution is 2.43. The van der Waals surface area contributed by atoms with E-state index in [9.17, 15) is 28.0 Å². The molecule has 0 bridgehead atoms. The van der Waals surface area contributed by atoms with Crippen molar-refractivity contribution in [1.82, 2.24) is 39.5 Å². The van der Waals surface area contributed by atoms with Gasteiger partial charge in [-0.15, -0.1) is 0 Å². The van der Waals surface area contributed by atoms with Crippen LogP contribution in [0.4, 0.5) is 14.6 Å². The van der Waals surface area contributed by atoms with E-state index in [0.29, 0.717) is 53.5 Å². The topological polar surface area (TPSA) is 198 Å². The Hall–Kier alpha value is -5.75.